The second-order valence-corrected chi connectivity index (χ2v) is 4.43. The summed E-state index contributed by atoms with van der Waals surface area (Å²) in [5, 5.41) is 6.56. The first-order valence-electron chi connectivity index (χ1n) is 6.04. The third kappa shape index (κ3) is 4.36. The molecule has 0 aromatic heterocycles. The van der Waals surface area contributed by atoms with Gasteiger partial charge in [-0.15, -0.1) is 24.0 Å². The maximum absolute atomic E-state index is 4.38. The average molecular weight is 360 g/mol. The van der Waals surface area contributed by atoms with Gasteiger partial charge in [-0.05, 0) is 24.1 Å². The predicted octanol–water partition coefficient (Wildman–Crippen LogP) is 1.81. The van der Waals surface area contributed by atoms with Crippen LogP contribution >= 0.6 is 24.0 Å². The van der Waals surface area contributed by atoms with Crippen LogP contribution in [0.25, 0.3) is 0 Å². The van der Waals surface area contributed by atoms with Crippen LogP contribution in [0.4, 0.5) is 5.69 Å². The monoisotopic (exact) mass is 360 g/mol. The number of nitrogens with zero attached hydrogens (tertiary/aromatic N) is 2. The molecule has 0 amide bonds. The Bertz CT molecular complexity index is 386. The van der Waals surface area contributed by atoms with Gasteiger partial charge in [0.25, 0.3) is 0 Å². The summed E-state index contributed by atoms with van der Waals surface area (Å²) in [6.45, 7) is 2.76. The van der Waals surface area contributed by atoms with Crippen molar-refractivity contribution in [3.8, 4) is 0 Å². The van der Waals surface area contributed by atoms with E-state index in [1.807, 2.05) is 14.1 Å². The predicted molar refractivity (Wildman–Crippen MR) is 87.9 cm³/mol. The number of rotatable bonds is 3. The van der Waals surface area contributed by atoms with E-state index < -0.39 is 0 Å². The zero-order valence-corrected chi connectivity index (χ0v) is 13.3. The van der Waals surface area contributed by atoms with Crippen molar-refractivity contribution in [1.29, 1.82) is 0 Å². The topological polar surface area (TPSA) is 39.7 Å². The Morgan fingerprint density at radius 2 is 2.00 bits per heavy atom. The van der Waals surface area contributed by atoms with Crippen molar-refractivity contribution in [2.75, 3.05) is 32.1 Å². The van der Waals surface area contributed by atoms with Crippen molar-refractivity contribution in [3.63, 3.8) is 0 Å². The fourth-order valence-electron chi connectivity index (χ4n) is 1.75. The first kappa shape index (κ1) is 15.1. The number of aliphatic imine (C=N–C) groups is 1. The number of hydrogen-bond donors (Lipinski definition) is 2. The lowest BCUT2D eigenvalue weighted by Gasteiger charge is -2.16. The van der Waals surface area contributed by atoms with E-state index in [-0.39, 0.29) is 24.0 Å². The summed E-state index contributed by atoms with van der Waals surface area (Å²) in [6.07, 6.45) is 1.13. The maximum Gasteiger partial charge on any atom is 0.191 e. The van der Waals surface area contributed by atoms with Crippen molar-refractivity contribution in [1.82, 2.24) is 10.6 Å². The Morgan fingerprint density at radius 3 is 2.56 bits per heavy atom. The summed E-state index contributed by atoms with van der Waals surface area (Å²) in [7, 11) is 4.10. The first-order chi connectivity index (χ1) is 8.25. The Kier molecular flexibility index (Phi) is 6.24. The molecule has 1 aliphatic heterocycles. The van der Waals surface area contributed by atoms with Gasteiger partial charge in [-0.25, -0.2) is 0 Å². The number of guanidine groups is 1. The standard InChI is InChI=1S/C13H20N4.HI/c1-17(2)12-6-4-11(5-7-12)10-16-13-14-8-3-9-15-13;/h4-7H,3,8-10H2,1-2H3,(H2,14,15,16);1H. The fourth-order valence-corrected chi connectivity index (χ4v) is 1.75. The van der Waals surface area contributed by atoms with E-state index >= 15 is 0 Å². The zero-order valence-electron chi connectivity index (χ0n) is 10.9. The number of hydrogen-bond acceptors (Lipinski definition) is 4. The van der Waals surface area contributed by atoms with Crippen LogP contribution in [0.15, 0.2) is 29.3 Å². The molecule has 0 spiro atoms. The third-order valence-corrected chi connectivity index (χ3v) is 2.81. The summed E-state index contributed by atoms with van der Waals surface area (Å²) in [5.74, 6) is 0.924. The summed E-state index contributed by atoms with van der Waals surface area (Å²) in [5.41, 5.74) is 2.49. The molecule has 18 heavy (non-hydrogen) atoms. The molecule has 0 aliphatic carbocycles. The van der Waals surface area contributed by atoms with E-state index in [2.05, 4.69) is 44.8 Å². The van der Waals surface area contributed by atoms with E-state index in [1.54, 1.807) is 0 Å². The first-order valence-corrected chi connectivity index (χ1v) is 6.04. The minimum atomic E-state index is 0. The van der Waals surface area contributed by atoms with Crippen molar-refractivity contribution < 1.29 is 0 Å². The third-order valence-electron chi connectivity index (χ3n) is 2.81. The maximum atomic E-state index is 4.38. The number of benzene rings is 1. The van der Waals surface area contributed by atoms with Gasteiger partial charge in [-0.2, -0.15) is 0 Å². The molecular formula is C13H21IN4. The number of nitrogens with one attached hydrogen (secondary N) is 2. The number of anilines is 1. The molecule has 2 N–H and O–H groups in total. The van der Waals surface area contributed by atoms with Gasteiger partial charge in [0.05, 0.1) is 0 Å². The second-order valence-electron chi connectivity index (χ2n) is 4.43. The summed E-state index contributed by atoms with van der Waals surface area (Å²) in [6, 6.07) is 8.55. The van der Waals surface area contributed by atoms with Gasteiger partial charge in [0.15, 0.2) is 5.96 Å². The molecule has 0 unspecified atom stereocenters. The molecule has 4 nitrogen and oxygen atoms in total. The highest BCUT2D eigenvalue weighted by Gasteiger charge is 2.03. The van der Waals surface area contributed by atoms with Crippen LogP contribution in [0, 0.1) is 0 Å². The van der Waals surface area contributed by atoms with Crippen LogP contribution in [0.3, 0.4) is 0 Å². The molecule has 0 atom stereocenters. The van der Waals surface area contributed by atoms with Gasteiger partial charge < -0.3 is 15.5 Å². The Labute approximate surface area is 126 Å². The van der Waals surface area contributed by atoms with Gasteiger partial charge in [-0.1, -0.05) is 12.1 Å². The van der Waals surface area contributed by atoms with Crippen LogP contribution in [-0.2, 0) is 6.54 Å². The zero-order chi connectivity index (χ0) is 12.1. The number of halogens is 1. The SMILES string of the molecule is CN(C)c1ccc(CNC2=NCCCN2)cc1.I. The molecule has 5 heteroatoms. The van der Waals surface area contributed by atoms with E-state index in [9.17, 15) is 0 Å². The van der Waals surface area contributed by atoms with Gasteiger partial charge in [0, 0.05) is 39.4 Å². The molecule has 1 heterocycles. The van der Waals surface area contributed by atoms with Crippen molar-refractivity contribution >= 4 is 35.6 Å². The lowest BCUT2D eigenvalue weighted by molar-refractivity contribution is 0.702. The highest BCUT2D eigenvalue weighted by Crippen LogP contribution is 2.11. The molecular weight excluding hydrogens is 339 g/mol. The lowest BCUT2D eigenvalue weighted by Crippen LogP contribution is -2.40. The van der Waals surface area contributed by atoms with E-state index in [0.29, 0.717) is 0 Å². The van der Waals surface area contributed by atoms with Crippen molar-refractivity contribution in [2.45, 2.75) is 13.0 Å². The fraction of sp³-hybridized carbons (Fsp3) is 0.462. The average Bonchev–Trinajstić information content (AvgIpc) is 2.38. The second kappa shape index (κ2) is 7.45. The van der Waals surface area contributed by atoms with Crippen LogP contribution in [0.2, 0.25) is 0 Å². The largest absolute Gasteiger partial charge is 0.378 e. The quantitative estimate of drug-likeness (QED) is 0.808. The molecule has 0 fully saturated rings. The van der Waals surface area contributed by atoms with Gasteiger partial charge >= 0.3 is 0 Å². The highest BCUT2D eigenvalue weighted by atomic mass is 127. The molecule has 1 aromatic rings. The molecule has 1 aromatic carbocycles. The van der Waals surface area contributed by atoms with Crippen LogP contribution in [0.5, 0.6) is 0 Å². The summed E-state index contributed by atoms with van der Waals surface area (Å²) < 4.78 is 0. The van der Waals surface area contributed by atoms with Gasteiger partial charge in [0.2, 0.25) is 0 Å². The smallest absolute Gasteiger partial charge is 0.191 e. The summed E-state index contributed by atoms with van der Waals surface area (Å²) >= 11 is 0. The van der Waals surface area contributed by atoms with Gasteiger partial charge in [-0.3, -0.25) is 4.99 Å². The Morgan fingerprint density at radius 1 is 1.28 bits per heavy atom. The highest BCUT2D eigenvalue weighted by molar-refractivity contribution is 14.0. The molecule has 1 aliphatic rings. The minimum absolute atomic E-state index is 0. The van der Waals surface area contributed by atoms with Crippen molar-refractivity contribution in [2.24, 2.45) is 4.99 Å². The van der Waals surface area contributed by atoms with E-state index in [4.69, 9.17) is 0 Å². The Balaban J connectivity index is 0.00000162. The molecule has 100 valence electrons. The van der Waals surface area contributed by atoms with E-state index in [0.717, 1.165) is 32.0 Å². The van der Waals surface area contributed by atoms with Crippen LogP contribution in [0.1, 0.15) is 12.0 Å². The molecule has 0 saturated heterocycles. The lowest BCUT2D eigenvalue weighted by atomic mass is 10.2. The molecule has 2 rings (SSSR count). The van der Waals surface area contributed by atoms with Crippen molar-refractivity contribution in [3.05, 3.63) is 29.8 Å². The van der Waals surface area contributed by atoms with Crippen LogP contribution in [-0.4, -0.2) is 33.1 Å². The normalized spacial score (nSPS) is 14.0. The van der Waals surface area contributed by atoms with Gasteiger partial charge in [0.1, 0.15) is 0 Å². The molecule has 0 radical (unpaired) electrons. The van der Waals surface area contributed by atoms with E-state index in [1.165, 1.54) is 11.3 Å². The minimum Gasteiger partial charge on any atom is -0.378 e. The molecule has 0 saturated carbocycles. The van der Waals surface area contributed by atoms with Crippen LogP contribution < -0.4 is 15.5 Å². The Hall–Kier alpha value is -0.980. The molecule has 0 bridgehead atoms. The summed E-state index contributed by atoms with van der Waals surface area (Å²) in [4.78, 5) is 6.48.